The predicted octanol–water partition coefficient (Wildman–Crippen LogP) is 3.98. The molecule has 2 fully saturated rings. The van der Waals surface area contributed by atoms with Crippen LogP contribution in [-0.2, 0) is 4.79 Å². The highest BCUT2D eigenvalue weighted by Gasteiger charge is 2.25. The van der Waals surface area contributed by atoms with Gasteiger partial charge in [0.05, 0.1) is 10.6 Å². The van der Waals surface area contributed by atoms with E-state index in [4.69, 9.17) is 11.6 Å². The molecule has 25 heavy (non-hydrogen) atoms. The lowest BCUT2D eigenvalue weighted by atomic mass is 9.91. The van der Waals surface area contributed by atoms with Gasteiger partial charge >= 0.3 is 0 Å². The van der Waals surface area contributed by atoms with Crippen LogP contribution in [0.1, 0.15) is 55.3 Å². The van der Waals surface area contributed by atoms with E-state index in [2.05, 4.69) is 0 Å². The van der Waals surface area contributed by atoms with E-state index in [1.54, 1.807) is 12.1 Å². The van der Waals surface area contributed by atoms with Gasteiger partial charge in [-0.1, -0.05) is 23.7 Å². The summed E-state index contributed by atoms with van der Waals surface area (Å²) in [5.41, 5.74) is 0.586. The van der Waals surface area contributed by atoms with Crippen LogP contribution < -0.4 is 0 Å². The Morgan fingerprint density at radius 3 is 2.32 bits per heavy atom. The molecule has 0 unspecified atom stereocenters. The molecule has 1 aromatic rings. The highest BCUT2D eigenvalue weighted by atomic mass is 35.5. The summed E-state index contributed by atoms with van der Waals surface area (Å²) in [6.07, 6.45) is 7.10. The van der Waals surface area contributed by atoms with Gasteiger partial charge < -0.3 is 9.80 Å². The fourth-order valence-corrected chi connectivity index (χ4v) is 4.08. The van der Waals surface area contributed by atoms with Gasteiger partial charge in [0.1, 0.15) is 0 Å². The molecule has 2 aliphatic heterocycles. The highest BCUT2D eigenvalue weighted by Crippen LogP contribution is 2.25. The van der Waals surface area contributed by atoms with Crippen LogP contribution in [-0.4, -0.2) is 47.8 Å². The van der Waals surface area contributed by atoms with E-state index in [-0.39, 0.29) is 5.91 Å². The third-order valence-corrected chi connectivity index (χ3v) is 5.81. The lowest BCUT2D eigenvalue weighted by Crippen LogP contribution is -2.39. The molecule has 136 valence electrons. The van der Waals surface area contributed by atoms with Crippen molar-refractivity contribution < 1.29 is 9.59 Å². The number of amides is 2. The summed E-state index contributed by atoms with van der Waals surface area (Å²) in [7, 11) is 0. The Balaban J connectivity index is 1.43. The van der Waals surface area contributed by atoms with Crippen molar-refractivity contribution in [3.8, 4) is 0 Å². The normalized spacial score (nSPS) is 19.1. The summed E-state index contributed by atoms with van der Waals surface area (Å²) in [6.45, 7) is 3.38. The molecule has 0 atom stereocenters. The van der Waals surface area contributed by atoms with Crippen molar-refractivity contribution in [2.75, 3.05) is 26.2 Å². The standard InChI is InChI=1S/C20H27ClN2O2/c21-18-7-3-2-6-17(18)20(25)23-14-10-16(11-15-23)8-9-19(24)22-12-4-1-5-13-22/h2-3,6-7,16H,1,4-5,8-15H2. The third-order valence-electron chi connectivity index (χ3n) is 5.48. The number of piperidine rings is 2. The Kier molecular flexibility index (Phi) is 6.35. The molecule has 0 spiro atoms. The van der Waals surface area contributed by atoms with Crippen LogP contribution in [0.2, 0.25) is 5.02 Å². The second kappa shape index (κ2) is 8.70. The summed E-state index contributed by atoms with van der Waals surface area (Å²) >= 11 is 6.14. The number of carbonyl (C=O) groups is 2. The van der Waals surface area contributed by atoms with Crippen molar-refractivity contribution in [1.82, 2.24) is 9.80 Å². The Labute approximate surface area is 155 Å². The number of hydrogen-bond donors (Lipinski definition) is 0. The second-order valence-electron chi connectivity index (χ2n) is 7.20. The topological polar surface area (TPSA) is 40.6 Å². The first kappa shape index (κ1) is 18.2. The van der Waals surface area contributed by atoms with Crippen molar-refractivity contribution in [2.24, 2.45) is 5.92 Å². The highest BCUT2D eigenvalue weighted by molar-refractivity contribution is 6.33. The molecule has 5 heteroatoms. The molecular weight excluding hydrogens is 336 g/mol. The van der Waals surface area contributed by atoms with E-state index in [1.807, 2.05) is 21.9 Å². The van der Waals surface area contributed by atoms with E-state index in [0.29, 0.717) is 28.8 Å². The fraction of sp³-hybridized carbons (Fsp3) is 0.600. The molecule has 2 amide bonds. The van der Waals surface area contributed by atoms with Crippen LogP contribution in [0.4, 0.5) is 0 Å². The molecule has 0 bridgehead atoms. The van der Waals surface area contributed by atoms with Crippen molar-refractivity contribution in [3.05, 3.63) is 34.9 Å². The summed E-state index contributed by atoms with van der Waals surface area (Å²) < 4.78 is 0. The van der Waals surface area contributed by atoms with Gasteiger partial charge in [0, 0.05) is 32.6 Å². The molecule has 2 saturated heterocycles. The van der Waals surface area contributed by atoms with Crippen LogP contribution >= 0.6 is 11.6 Å². The number of likely N-dealkylation sites (tertiary alicyclic amines) is 2. The number of hydrogen-bond acceptors (Lipinski definition) is 2. The Morgan fingerprint density at radius 2 is 1.64 bits per heavy atom. The molecule has 3 rings (SSSR count). The number of benzene rings is 1. The minimum absolute atomic E-state index is 0.0217. The zero-order valence-corrected chi connectivity index (χ0v) is 15.5. The maximum absolute atomic E-state index is 12.6. The molecule has 1 aromatic carbocycles. The molecule has 0 aliphatic carbocycles. The molecule has 4 nitrogen and oxygen atoms in total. The maximum Gasteiger partial charge on any atom is 0.255 e. The van der Waals surface area contributed by atoms with Gasteiger partial charge in [-0.25, -0.2) is 0 Å². The van der Waals surface area contributed by atoms with Gasteiger partial charge in [-0.3, -0.25) is 9.59 Å². The van der Waals surface area contributed by atoms with Gasteiger partial charge in [0.15, 0.2) is 0 Å². The van der Waals surface area contributed by atoms with Gasteiger partial charge in [0.25, 0.3) is 5.91 Å². The van der Waals surface area contributed by atoms with Crippen LogP contribution in [0.5, 0.6) is 0 Å². The van der Waals surface area contributed by atoms with E-state index < -0.39 is 0 Å². The minimum atomic E-state index is 0.0217. The van der Waals surface area contributed by atoms with Gasteiger partial charge in [-0.05, 0) is 56.6 Å². The first-order valence-corrected chi connectivity index (χ1v) is 9.84. The average Bonchev–Trinajstić information content (AvgIpc) is 2.67. The van der Waals surface area contributed by atoms with Crippen molar-refractivity contribution in [3.63, 3.8) is 0 Å². The van der Waals surface area contributed by atoms with Gasteiger partial charge in [0.2, 0.25) is 5.91 Å². The summed E-state index contributed by atoms with van der Waals surface area (Å²) in [5.74, 6) is 0.881. The number of halogens is 1. The average molecular weight is 363 g/mol. The Bertz CT molecular complexity index is 605. The van der Waals surface area contributed by atoms with Crippen molar-refractivity contribution in [1.29, 1.82) is 0 Å². The quantitative estimate of drug-likeness (QED) is 0.812. The SMILES string of the molecule is O=C(CCC1CCN(C(=O)c2ccccc2Cl)CC1)N1CCCCC1. The first-order chi connectivity index (χ1) is 12.1. The number of carbonyl (C=O) groups excluding carboxylic acids is 2. The summed E-state index contributed by atoms with van der Waals surface area (Å²) in [6, 6.07) is 7.23. The Morgan fingerprint density at radius 1 is 0.960 bits per heavy atom. The zero-order valence-electron chi connectivity index (χ0n) is 14.8. The largest absolute Gasteiger partial charge is 0.343 e. The van der Waals surface area contributed by atoms with Crippen LogP contribution in [0, 0.1) is 5.92 Å². The van der Waals surface area contributed by atoms with E-state index in [1.165, 1.54) is 6.42 Å². The summed E-state index contributed by atoms with van der Waals surface area (Å²) in [4.78, 5) is 28.8. The van der Waals surface area contributed by atoms with Crippen LogP contribution in [0.15, 0.2) is 24.3 Å². The predicted molar refractivity (Wildman–Crippen MR) is 99.7 cm³/mol. The molecule has 0 aromatic heterocycles. The van der Waals surface area contributed by atoms with Crippen LogP contribution in [0.3, 0.4) is 0 Å². The smallest absolute Gasteiger partial charge is 0.255 e. The van der Waals surface area contributed by atoms with Crippen molar-refractivity contribution >= 4 is 23.4 Å². The molecule has 2 aliphatic rings. The summed E-state index contributed by atoms with van der Waals surface area (Å²) in [5, 5.41) is 0.516. The molecule has 0 radical (unpaired) electrons. The third kappa shape index (κ3) is 4.75. The minimum Gasteiger partial charge on any atom is -0.343 e. The van der Waals surface area contributed by atoms with Gasteiger partial charge in [-0.15, -0.1) is 0 Å². The van der Waals surface area contributed by atoms with Gasteiger partial charge in [-0.2, -0.15) is 0 Å². The first-order valence-electron chi connectivity index (χ1n) is 9.47. The second-order valence-corrected chi connectivity index (χ2v) is 7.60. The zero-order chi connectivity index (χ0) is 17.6. The lowest BCUT2D eigenvalue weighted by Gasteiger charge is -2.33. The van der Waals surface area contributed by atoms with Crippen molar-refractivity contribution in [2.45, 2.75) is 44.9 Å². The molecular formula is C20H27ClN2O2. The molecule has 2 heterocycles. The molecule has 0 N–H and O–H groups in total. The van der Waals surface area contributed by atoms with E-state index >= 15 is 0 Å². The van der Waals surface area contributed by atoms with E-state index in [9.17, 15) is 9.59 Å². The van der Waals surface area contributed by atoms with Crippen LogP contribution in [0.25, 0.3) is 0 Å². The van der Waals surface area contributed by atoms with E-state index in [0.717, 1.165) is 58.3 Å². The monoisotopic (exact) mass is 362 g/mol. The Hall–Kier alpha value is -1.55. The number of nitrogens with zero attached hydrogens (tertiary/aromatic N) is 2. The molecule has 0 saturated carbocycles. The lowest BCUT2D eigenvalue weighted by molar-refractivity contribution is -0.132. The fourth-order valence-electron chi connectivity index (χ4n) is 3.86. The number of rotatable bonds is 4. The maximum atomic E-state index is 12.6.